The van der Waals surface area contributed by atoms with E-state index in [1.165, 1.54) is 15.3 Å². The lowest BCUT2D eigenvalue weighted by molar-refractivity contribution is -0.116. The first kappa shape index (κ1) is 19.2. The molecule has 0 saturated carbocycles. The summed E-state index contributed by atoms with van der Waals surface area (Å²) in [5.74, 6) is 0.984. The Balaban J connectivity index is 1.40. The average Bonchev–Trinajstić information content (AvgIpc) is 3.39. The summed E-state index contributed by atoms with van der Waals surface area (Å²) in [5, 5.41) is 7.79. The molecule has 0 spiro atoms. The van der Waals surface area contributed by atoms with E-state index in [1.54, 1.807) is 24.4 Å². The third kappa shape index (κ3) is 3.62. The highest BCUT2D eigenvalue weighted by molar-refractivity contribution is 6.31. The van der Waals surface area contributed by atoms with Crippen LogP contribution in [0.15, 0.2) is 59.7 Å². The van der Waals surface area contributed by atoms with Crippen molar-refractivity contribution in [3.8, 4) is 22.8 Å². The summed E-state index contributed by atoms with van der Waals surface area (Å²) >= 11 is 6.10. The van der Waals surface area contributed by atoms with Crippen LogP contribution in [0.3, 0.4) is 0 Å². The minimum Gasteiger partial charge on any atom is -0.454 e. The first-order valence-electron chi connectivity index (χ1n) is 9.53. The zero-order valence-corrected chi connectivity index (χ0v) is 17.2. The van der Waals surface area contributed by atoms with E-state index in [-0.39, 0.29) is 24.8 Å². The number of carbonyl (C=O) groups excluding carboxylic acids is 1. The highest BCUT2D eigenvalue weighted by atomic mass is 35.5. The maximum atomic E-state index is 12.9. The number of amides is 1. The van der Waals surface area contributed by atoms with Gasteiger partial charge in [0, 0.05) is 28.7 Å². The molecule has 8 nitrogen and oxygen atoms in total. The Morgan fingerprint density at radius 3 is 2.81 bits per heavy atom. The summed E-state index contributed by atoms with van der Waals surface area (Å²) in [5.41, 5.74) is 2.95. The zero-order valence-electron chi connectivity index (χ0n) is 16.5. The van der Waals surface area contributed by atoms with Crippen LogP contribution in [0.5, 0.6) is 11.5 Å². The van der Waals surface area contributed by atoms with E-state index < -0.39 is 0 Å². The molecule has 0 unspecified atom stereocenters. The highest BCUT2D eigenvalue weighted by Gasteiger charge is 2.16. The van der Waals surface area contributed by atoms with Gasteiger partial charge in [0.2, 0.25) is 12.7 Å². The molecule has 1 aliphatic heterocycles. The number of benzene rings is 2. The maximum Gasteiger partial charge on any atom is 0.277 e. The fourth-order valence-corrected chi connectivity index (χ4v) is 3.55. The Bertz CT molecular complexity index is 1390. The lowest BCUT2D eigenvalue weighted by atomic mass is 10.1. The van der Waals surface area contributed by atoms with Crippen LogP contribution >= 0.6 is 11.6 Å². The molecule has 3 heterocycles. The van der Waals surface area contributed by atoms with Crippen molar-refractivity contribution in [2.45, 2.75) is 13.5 Å². The predicted molar refractivity (Wildman–Crippen MR) is 116 cm³/mol. The van der Waals surface area contributed by atoms with Crippen molar-refractivity contribution in [2.75, 3.05) is 12.1 Å². The number of aromatic nitrogens is 3. The molecule has 1 aliphatic rings. The van der Waals surface area contributed by atoms with Gasteiger partial charge in [-0.3, -0.25) is 9.59 Å². The van der Waals surface area contributed by atoms with Crippen LogP contribution in [0.4, 0.5) is 5.69 Å². The summed E-state index contributed by atoms with van der Waals surface area (Å²) < 4.78 is 13.6. The molecular weight excluding hydrogens is 420 g/mol. The second kappa shape index (κ2) is 7.48. The molecule has 0 aliphatic carbocycles. The molecule has 1 amide bonds. The highest BCUT2D eigenvalue weighted by Crippen LogP contribution is 2.35. The molecule has 1 N–H and O–H groups in total. The number of fused-ring (bicyclic) bond motifs is 2. The van der Waals surface area contributed by atoms with Crippen molar-refractivity contribution < 1.29 is 14.3 Å². The monoisotopic (exact) mass is 436 g/mol. The first-order chi connectivity index (χ1) is 15.0. The number of aryl methyl sites for hydroxylation is 1. The Morgan fingerprint density at radius 1 is 1.13 bits per heavy atom. The van der Waals surface area contributed by atoms with Crippen LogP contribution < -0.4 is 20.3 Å². The molecule has 5 rings (SSSR count). The van der Waals surface area contributed by atoms with Crippen molar-refractivity contribution in [3.05, 3.63) is 75.8 Å². The summed E-state index contributed by atoms with van der Waals surface area (Å²) in [4.78, 5) is 25.3. The number of rotatable bonds is 4. The van der Waals surface area contributed by atoms with Crippen molar-refractivity contribution >= 4 is 28.7 Å². The number of hydrogen-bond acceptors (Lipinski definition) is 5. The largest absolute Gasteiger partial charge is 0.454 e. The molecule has 0 atom stereocenters. The van der Waals surface area contributed by atoms with Gasteiger partial charge in [0.25, 0.3) is 5.56 Å². The lowest BCUT2D eigenvalue weighted by Gasteiger charge is -2.08. The lowest BCUT2D eigenvalue weighted by Crippen LogP contribution is -2.28. The standard InChI is InChI=1S/C22H17ClN4O4/c1-13-2-4-15(9-16(13)23)24-21(28)11-26-6-7-27-18(22(26)29)10-17(25-27)14-3-5-19-20(8-14)31-12-30-19/h2-10H,11-12H2,1H3,(H,24,28). The van der Waals surface area contributed by atoms with Gasteiger partial charge in [0.15, 0.2) is 11.5 Å². The second-order valence-corrected chi connectivity index (χ2v) is 7.58. The molecular formula is C22H17ClN4O4. The third-order valence-corrected chi connectivity index (χ3v) is 5.45. The number of carbonyl (C=O) groups is 1. The molecule has 0 saturated heterocycles. The van der Waals surface area contributed by atoms with E-state index in [0.717, 1.165) is 11.1 Å². The van der Waals surface area contributed by atoms with E-state index in [1.807, 2.05) is 31.2 Å². The molecule has 2 aromatic heterocycles. The number of nitrogens with one attached hydrogen (secondary N) is 1. The van der Waals surface area contributed by atoms with Gasteiger partial charge >= 0.3 is 0 Å². The molecule has 156 valence electrons. The minimum atomic E-state index is -0.332. The van der Waals surface area contributed by atoms with Gasteiger partial charge in [-0.25, -0.2) is 4.52 Å². The van der Waals surface area contributed by atoms with E-state index in [9.17, 15) is 9.59 Å². The quantitative estimate of drug-likeness (QED) is 0.529. The molecule has 31 heavy (non-hydrogen) atoms. The predicted octanol–water partition coefficient (Wildman–Crippen LogP) is 3.49. The van der Waals surface area contributed by atoms with Crippen molar-refractivity contribution in [1.29, 1.82) is 0 Å². The van der Waals surface area contributed by atoms with Gasteiger partial charge in [0.1, 0.15) is 12.1 Å². The Hall–Kier alpha value is -3.78. The summed E-state index contributed by atoms with van der Waals surface area (Å²) in [6.45, 7) is 1.93. The van der Waals surface area contributed by atoms with Gasteiger partial charge in [-0.2, -0.15) is 5.10 Å². The van der Waals surface area contributed by atoms with E-state index in [2.05, 4.69) is 10.4 Å². The van der Waals surface area contributed by atoms with Crippen LogP contribution in [0.2, 0.25) is 5.02 Å². The Morgan fingerprint density at radius 2 is 1.97 bits per heavy atom. The maximum absolute atomic E-state index is 12.9. The van der Waals surface area contributed by atoms with E-state index in [0.29, 0.717) is 33.4 Å². The van der Waals surface area contributed by atoms with Crippen LogP contribution in [-0.2, 0) is 11.3 Å². The van der Waals surface area contributed by atoms with Crippen molar-refractivity contribution in [2.24, 2.45) is 0 Å². The average molecular weight is 437 g/mol. The fourth-order valence-electron chi connectivity index (χ4n) is 3.37. The normalized spacial score (nSPS) is 12.3. The van der Waals surface area contributed by atoms with Crippen LogP contribution in [0, 0.1) is 6.92 Å². The second-order valence-electron chi connectivity index (χ2n) is 7.17. The topological polar surface area (TPSA) is 86.9 Å². The van der Waals surface area contributed by atoms with Crippen molar-refractivity contribution in [3.63, 3.8) is 0 Å². The van der Waals surface area contributed by atoms with E-state index >= 15 is 0 Å². The van der Waals surface area contributed by atoms with Crippen LogP contribution in [0.1, 0.15) is 5.56 Å². The van der Waals surface area contributed by atoms with Gasteiger partial charge < -0.3 is 19.4 Å². The third-order valence-electron chi connectivity index (χ3n) is 5.04. The molecule has 0 bridgehead atoms. The van der Waals surface area contributed by atoms with Gasteiger partial charge in [-0.15, -0.1) is 0 Å². The first-order valence-corrected chi connectivity index (χ1v) is 9.90. The van der Waals surface area contributed by atoms with Gasteiger partial charge in [-0.05, 0) is 48.9 Å². The van der Waals surface area contributed by atoms with Crippen LogP contribution in [-0.4, -0.2) is 26.9 Å². The van der Waals surface area contributed by atoms with Gasteiger partial charge in [0.05, 0.1) is 5.69 Å². The summed E-state index contributed by atoms with van der Waals surface area (Å²) in [7, 11) is 0. The van der Waals surface area contributed by atoms with E-state index in [4.69, 9.17) is 21.1 Å². The SMILES string of the molecule is Cc1ccc(NC(=O)Cn2ccn3nc(-c4ccc5c(c4)OCO5)cc3c2=O)cc1Cl. The number of ether oxygens (including phenoxy) is 2. The molecule has 4 aromatic rings. The van der Waals surface area contributed by atoms with Crippen molar-refractivity contribution in [1.82, 2.24) is 14.2 Å². The smallest absolute Gasteiger partial charge is 0.277 e. The molecule has 0 fully saturated rings. The van der Waals surface area contributed by atoms with Gasteiger partial charge in [-0.1, -0.05) is 17.7 Å². The number of hydrogen-bond donors (Lipinski definition) is 1. The fraction of sp³-hybridized carbons (Fsp3) is 0.136. The minimum absolute atomic E-state index is 0.134. The Kier molecular flexibility index (Phi) is 4.63. The molecule has 0 radical (unpaired) electrons. The number of anilines is 1. The molecule has 9 heteroatoms. The summed E-state index contributed by atoms with van der Waals surface area (Å²) in [6, 6.07) is 12.4. The van der Waals surface area contributed by atoms with Crippen LogP contribution in [0.25, 0.3) is 16.8 Å². The molecule has 2 aromatic carbocycles. The number of halogens is 1. The summed E-state index contributed by atoms with van der Waals surface area (Å²) in [6.07, 6.45) is 3.18. The number of nitrogens with zero attached hydrogens (tertiary/aromatic N) is 3. The zero-order chi connectivity index (χ0) is 21.5. The Labute approximate surface area is 181 Å².